The van der Waals surface area contributed by atoms with Crippen LogP contribution < -0.4 is 0 Å². The molecule has 2 nitrogen and oxygen atoms in total. The predicted octanol–water partition coefficient (Wildman–Crippen LogP) is 2.98. The average Bonchev–Trinajstić information content (AvgIpc) is 2.24. The molecule has 4 fully saturated rings. The lowest BCUT2D eigenvalue weighted by atomic mass is 9.53. The van der Waals surface area contributed by atoms with Gasteiger partial charge in [-0.25, -0.2) is 0 Å². The molecule has 4 bridgehead atoms. The predicted molar refractivity (Wildman–Crippen MR) is 85.3 cm³/mol. The summed E-state index contributed by atoms with van der Waals surface area (Å²) in [6.07, 6.45) is 9.21. The smallest absolute Gasteiger partial charge is 0.0943 e. The van der Waals surface area contributed by atoms with Crippen LogP contribution in [-0.2, 0) is 0 Å². The molecule has 4 rings (SSSR count). The Bertz CT molecular complexity index is 325. The molecule has 0 unspecified atom stereocenters. The van der Waals surface area contributed by atoms with Crippen molar-refractivity contribution in [2.24, 2.45) is 23.7 Å². The molecule has 0 aliphatic heterocycles. The maximum absolute atomic E-state index is 2.53. The van der Waals surface area contributed by atoms with Crippen molar-refractivity contribution >= 4 is 0 Å². The van der Waals surface area contributed by atoms with E-state index in [2.05, 4.69) is 35.2 Å². The molecule has 116 valence electrons. The fourth-order valence-electron chi connectivity index (χ4n) is 6.14. The third-order valence-corrected chi connectivity index (χ3v) is 6.55. The molecule has 4 aliphatic carbocycles. The Balaban J connectivity index is 1.62. The molecule has 0 atom stereocenters. The largest absolute Gasteiger partial charge is 0.331 e. The van der Waals surface area contributed by atoms with Crippen LogP contribution in [-0.4, -0.2) is 63.3 Å². The number of nitrogens with zero attached hydrogens (tertiary/aromatic N) is 2. The van der Waals surface area contributed by atoms with Crippen LogP contribution in [0.3, 0.4) is 0 Å². The van der Waals surface area contributed by atoms with Crippen molar-refractivity contribution < 1.29 is 8.97 Å². The van der Waals surface area contributed by atoms with Gasteiger partial charge in [0.1, 0.15) is 0 Å². The van der Waals surface area contributed by atoms with E-state index < -0.39 is 0 Å². The molecule has 20 heavy (non-hydrogen) atoms. The van der Waals surface area contributed by atoms with Gasteiger partial charge in [-0.1, -0.05) is 0 Å². The Morgan fingerprint density at radius 3 is 1.65 bits per heavy atom. The van der Waals surface area contributed by atoms with Crippen molar-refractivity contribution in [2.75, 3.05) is 48.3 Å². The Kier molecular flexibility index (Phi) is 3.70. The number of hydrogen-bond donors (Lipinski definition) is 0. The second-order valence-electron chi connectivity index (χ2n) is 9.79. The van der Waals surface area contributed by atoms with E-state index in [9.17, 15) is 0 Å². The van der Waals surface area contributed by atoms with Crippen LogP contribution in [0.4, 0.5) is 0 Å². The molecular weight excluding hydrogens is 244 g/mol. The van der Waals surface area contributed by atoms with E-state index >= 15 is 0 Å². The van der Waals surface area contributed by atoms with E-state index in [0.29, 0.717) is 0 Å². The molecule has 0 heterocycles. The summed E-state index contributed by atoms with van der Waals surface area (Å²) in [5, 5.41) is 0. The van der Waals surface area contributed by atoms with E-state index in [0.717, 1.165) is 34.2 Å². The zero-order valence-electron chi connectivity index (χ0n) is 14.4. The molecule has 2 heteroatoms. The first-order valence-corrected chi connectivity index (χ1v) is 8.88. The van der Waals surface area contributed by atoms with Crippen LogP contribution in [0, 0.1) is 23.7 Å². The third kappa shape index (κ3) is 2.92. The monoisotopic (exact) mass is 280 g/mol. The van der Waals surface area contributed by atoms with Gasteiger partial charge in [0.2, 0.25) is 0 Å². The summed E-state index contributed by atoms with van der Waals surface area (Å²) in [4.78, 5) is 0. The van der Waals surface area contributed by atoms with E-state index in [1.165, 1.54) is 24.0 Å². The summed E-state index contributed by atoms with van der Waals surface area (Å²) in [5.41, 5.74) is 0. The van der Waals surface area contributed by atoms with Crippen molar-refractivity contribution in [1.29, 1.82) is 0 Å². The van der Waals surface area contributed by atoms with Gasteiger partial charge in [0.15, 0.2) is 0 Å². The van der Waals surface area contributed by atoms with Gasteiger partial charge in [0, 0.05) is 18.3 Å². The van der Waals surface area contributed by atoms with Gasteiger partial charge in [-0.2, -0.15) is 0 Å². The first-order chi connectivity index (χ1) is 9.24. The Hall–Kier alpha value is -0.0800. The molecule has 0 spiro atoms. The van der Waals surface area contributed by atoms with Gasteiger partial charge < -0.3 is 8.97 Å². The summed E-state index contributed by atoms with van der Waals surface area (Å²) in [7, 11) is 12.0. The fourth-order valence-corrected chi connectivity index (χ4v) is 6.14. The summed E-state index contributed by atoms with van der Waals surface area (Å²) in [6, 6.07) is 0.982. The first kappa shape index (κ1) is 14.8. The number of rotatable bonds is 5. The highest BCUT2D eigenvalue weighted by Crippen LogP contribution is 2.55. The van der Waals surface area contributed by atoms with Crippen LogP contribution in [0.25, 0.3) is 0 Å². The second kappa shape index (κ2) is 4.98. The van der Waals surface area contributed by atoms with E-state index in [1.807, 2.05) is 0 Å². The lowest BCUT2D eigenvalue weighted by molar-refractivity contribution is -0.931. The number of quaternary nitrogens is 2. The summed E-state index contributed by atoms with van der Waals surface area (Å²) >= 11 is 0. The van der Waals surface area contributed by atoms with Crippen molar-refractivity contribution in [3.8, 4) is 0 Å². The Morgan fingerprint density at radius 1 is 0.700 bits per heavy atom. The minimum atomic E-state index is 0.982. The summed E-state index contributed by atoms with van der Waals surface area (Å²) in [6.45, 7) is 2.69. The summed E-state index contributed by atoms with van der Waals surface area (Å²) in [5.74, 6) is 4.34. The first-order valence-electron chi connectivity index (χ1n) is 8.88. The van der Waals surface area contributed by atoms with Crippen LogP contribution in [0.1, 0.15) is 38.5 Å². The Morgan fingerprint density at radius 2 is 1.20 bits per heavy atom. The molecule has 0 aromatic rings. The summed E-state index contributed by atoms with van der Waals surface area (Å²) < 4.78 is 2.41. The molecule has 4 saturated carbocycles. The quantitative estimate of drug-likeness (QED) is 0.679. The molecule has 0 amide bonds. The maximum Gasteiger partial charge on any atom is 0.0943 e. The van der Waals surface area contributed by atoms with Crippen molar-refractivity contribution in [2.45, 2.75) is 44.6 Å². The maximum atomic E-state index is 2.53. The van der Waals surface area contributed by atoms with Crippen LogP contribution >= 0.6 is 0 Å². The zero-order valence-corrected chi connectivity index (χ0v) is 14.4. The lowest BCUT2D eigenvalue weighted by Crippen LogP contribution is -2.62. The Labute approximate surface area is 126 Å². The van der Waals surface area contributed by atoms with Gasteiger partial charge in [-0.15, -0.1) is 0 Å². The standard InChI is InChI=1S/C18H36N2/c1-19(2,3)7-6-8-20(4,5)18-16-10-14-9-15(12-16)13-17(18)11-14/h14-18H,6-13H2,1-5H3/q+2. The van der Waals surface area contributed by atoms with Gasteiger partial charge in [-0.05, 0) is 43.9 Å². The van der Waals surface area contributed by atoms with Crippen LogP contribution in [0.2, 0.25) is 0 Å². The minimum absolute atomic E-state index is 0.982. The molecular formula is C18H36N2+2. The third-order valence-electron chi connectivity index (χ3n) is 6.55. The second-order valence-corrected chi connectivity index (χ2v) is 9.79. The minimum Gasteiger partial charge on any atom is -0.331 e. The molecule has 0 radical (unpaired) electrons. The topological polar surface area (TPSA) is 0 Å². The number of hydrogen-bond acceptors (Lipinski definition) is 0. The van der Waals surface area contributed by atoms with Crippen molar-refractivity contribution in [3.05, 3.63) is 0 Å². The van der Waals surface area contributed by atoms with Gasteiger partial charge in [0.05, 0.1) is 54.4 Å². The molecule has 0 aromatic carbocycles. The highest BCUT2D eigenvalue weighted by molar-refractivity contribution is 4.99. The highest BCUT2D eigenvalue weighted by atomic mass is 15.3. The fraction of sp³-hybridized carbons (Fsp3) is 1.00. The van der Waals surface area contributed by atoms with Crippen LogP contribution in [0.15, 0.2) is 0 Å². The highest BCUT2D eigenvalue weighted by Gasteiger charge is 2.53. The molecule has 0 aromatic heterocycles. The van der Waals surface area contributed by atoms with Gasteiger partial charge in [-0.3, -0.25) is 0 Å². The molecule has 0 N–H and O–H groups in total. The average molecular weight is 280 g/mol. The van der Waals surface area contributed by atoms with Crippen molar-refractivity contribution in [3.63, 3.8) is 0 Å². The van der Waals surface area contributed by atoms with Gasteiger partial charge >= 0.3 is 0 Å². The molecule has 4 aliphatic rings. The van der Waals surface area contributed by atoms with E-state index in [1.54, 1.807) is 32.1 Å². The lowest BCUT2D eigenvalue weighted by Gasteiger charge is -2.58. The van der Waals surface area contributed by atoms with Crippen LogP contribution in [0.5, 0.6) is 0 Å². The zero-order chi connectivity index (χ0) is 14.5. The van der Waals surface area contributed by atoms with Gasteiger partial charge in [0.25, 0.3) is 0 Å². The van der Waals surface area contributed by atoms with E-state index in [-0.39, 0.29) is 0 Å². The molecule has 0 saturated heterocycles. The van der Waals surface area contributed by atoms with E-state index in [4.69, 9.17) is 0 Å². The SMILES string of the molecule is C[N+](C)(C)CCC[N+](C)(C)C1C2CC3CC(C2)CC1C3. The normalized spacial score (nSPS) is 40.4. The van der Waals surface area contributed by atoms with Crippen molar-refractivity contribution in [1.82, 2.24) is 0 Å².